The Morgan fingerprint density at radius 1 is 1.22 bits per heavy atom. The lowest BCUT2D eigenvalue weighted by Crippen LogP contribution is -2.42. The average molecular weight is 613 g/mol. The number of hydrogen-bond donors (Lipinski definition) is 1. The largest absolute Gasteiger partial charge is 0.460 e. The first-order valence-electron chi connectivity index (χ1n) is 14.1. The van der Waals surface area contributed by atoms with Crippen molar-refractivity contribution in [2.75, 3.05) is 13.6 Å². The maximum Gasteiger partial charge on any atom is 0.349 e. The summed E-state index contributed by atoms with van der Waals surface area (Å²) in [6.45, 7) is 1.69. The summed E-state index contributed by atoms with van der Waals surface area (Å²) in [5.74, 6) is -0.637. The highest BCUT2D eigenvalue weighted by molar-refractivity contribution is 7.16. The molecule has 4 aromatic rings. The van der Waals surface area contributed by atoms with Gasteiger partial charge in [-0.25, -0.2) is 9.48 Å². The maximum atomic E-state index is 13.4. The molecule has 0 aliphatic heterocycles. The van der Waals surface area contributed by atoms with Crippen molar-refractivity contribution >= 4 is 57.6 Å². The molecule has 8 nitrogen and oxygen atoms in total. The van der Waals surface area contributed by atoms with Gasteiger partial charge in [0.1, 0.15) is 17.9 Å². The lowest BCUT2D eigenvalue weighted by atomic mass is 9.91. The molecule has 0 radical (unpaired) electrons. The number of rotatable bonds is 10. The Hall–Kier alpha value is -2.63. The second-order valence-electron chi connectivity index (χ2n) is 11.0. The lowest BCUT2D eigenvalue weighted by molar-refractivity contribution is -0.169. The van der Waals surface area contributed by atoms with Crippen LogP contribution >= 0.6 is 34.3 Å². The molecule has 1 aromatic carbocycles. The highest BCUT2D eigenvalue weighted by atomic mass is 35.5. The van der Waals surface area contributed by atoms with Crippen molar-refractivity contribution in [1.29, 1.82) is 0 Å². The number of ether oxygens (including phenoxy) is 1. The number of nitrogens with zero attached hydrogens (tertiary/aromatic N) is 4. The van der Waals surface area contributed by atoms with E-state index in [-0.39, 0.29) is 6.10 Å². The molecule has 0 spiro atoms. The van der Waals surface area contributed by atoms with E-state index in [1.54, 1.807) is 18.2 Å². The minimum Gasteiger partial charge on any atom is -0.460 e. The summed E-state index contributed by atoms with van der Waals surface area (Å²) in [6, 6.07) is 9.24. The van der Waals surface area contributed by atoms with Gasteiger partial charge in [0.15, 0.2) is 0 Å². The van der Waals surface area contributed by atoms with E-state index in [2.05, 4.69) is 22.3 Å². The SMILES string of the molecule is CN(CCCn1nnc2cc(C=O)c3c(c21)CCC3)C1CCC(OC(=O)C(O)(c2cccs2)c2ccc(Cl)s2)CC1. The van der Waals surface area contributed by atoms with Gasteiger partial charge < -0.3 is 14.7 Å². The fraction of sp³-hybridized carbons (Fsp3) is 0.467. The van der Waals surface area contributed by atoms with Gasteiger partial charge in [-0.3, -0.25) is 4.79 Å². The van der Waals surface area contributed by atoms with Crippen LogP contribution in [0.3, 0.4) is 0 Å². The number of benzene rings is 1. The molecular weight excluding hydrogens is 580 g/mol. The molecule has 11 heteroatoms. The van der Waals surface area contributed by atoms with E-state index in [1.807, 2.05) is 22.2 Å². The van der Waals surface area contributed by atoms with Gasteiger partial charge in [0.25, 0.3) is 0 Å². The fourth-order valence-corrected chi connectivity index (χ4v) is 8.39. The van der Waals surface area contributed by atoms with Crippen molar-refractivity contribution in [3.63, 3.8) is 0 Å². The molecule has 1 fully saturated rings. The number of thiophene rings is 2. The van der Waals surface area contributed by atoms with Crippen molar-refractivity contribution in [3.05, 3.63) is 66.5 Å². The average Bonchev–Trinajstić information content (AvgIpc) is 3.79. The summed E-state index contributed by atoms with van der Waals surface area (Å²) in [5.41, 5.74) is 3.20. The molecule has 0 saturated heterocycles. The van der Waals surface area contributed by atoms with E-state index in [1.165, 1.54) is 33.8 Å². The number of esters is 1. The molecule has 1 saturated carbocycles. The molecule has 3 heterocycles. The molecule has 1 unspecified atom stereocenters. The summed E-state index contributed by atoms with van der Waals surface area (Å²) in [7, 11) is 2.15. The van der Waals surface area contributed by atoms with E-state index < -0.39 is 11.6 Å². The molecule has 2 aliphatic rings. The molecule has 41 heavy (non-hydrogen) atoms. The number of carbonyl (C=O) groups is 2. The summed E-state index contributed by atoms with van der Waals surface area (Å²) in [6.07, 6.45) is 7.99. The first kappa shape index (κ1) is 28.5. The van der Waals surface area contributed by atoms with Crippen molar-refractivity contribution in [3.8, 4) is 0 Å². The van der Waals surface area contributed by atoms with E-state index in [9.17, 15) is 14.7 Å². The number of fused-ring (bicyclic) bond motifs is 3. The van der Waals surface area contributed by atoms with Crippen LogP contribution in [0.4, 0.5) is 0 Å². The molecule has 1 N–H and O–H groups in total. The monoisotopic (exact) mass is 612 g/mol. The van der Waals surface area contributed by atoms with Gasteiger partial charge in [-0.15, -0.1) is 27.8 Å². The van der Waals surface area contributed by atoms with Crippen molar-refractivity contribution in [2.24, 2.45) is 0 Å². The second-order valence-corrected chi connectivity index (χ2v) is 13.7. The fourth-order valence-electron chi connectivity index (χ4n) is 6.36. The Kier molecular flexibility index (Phi) is 8.29. The third-order valence-electron chi connectivity index (χ3n) is 8.56. The molecular formula is C30H33ClN4O4S2. The predicted octanol–water partition coefficient (Wildman–Crippen LogP) is 5.62. The Labute approximate surface area is 251 Å². The quantitative estimate of drug-likeness (QED) is 0.183. The number of aliphatic hydroxyl groups is 1. The van der Waals surface area contributed by atoms with Crippen molar-refractivity contribution in [2.45, 2.75) is 75.7 Å². The van der Waals surface area contributed by atoms with E-state index >= 15 is 0 Å². The van der Waals surface area contributed by atoms with Crippen LogP contribution in [0.25, 0.3) is 11.0 Å². The van der Waals surface area contributed by atoms with Crippen LogP contribution in [-0.2, 0) is 34.5 Å². The first-order chi connectivity index (χ1) is 19.9. The number of aromatic nitrogens is 3. The molecule has 0 amide bonds. The number of hydrogen-bond acceptors (Lipinski definition) is 9. The number of carbonyl (C=O) groups excluding carboxylic acids is 2. The zero-order valence-electron chi connectivity index (χ0n) is 22.9. The van der Waals surface area contributed by atoms with Gasteiger partial charge in [-0.1, -0.05) is 22.9 Å². The predicted molar refractivity (Wildman–Crippen MR) is 161 cm³/mol. The Morgan fingerprint density at radius 2 is 2.02 bits per heavy atom. The van der Waals surface area contributed by atoms with Crippen LogP contribution in [0.1, 0.15) is 69.8 Å². The molecule has 0 bridgehead atoms. The van der Waals surface area contributed by atoms with Gasteiger partial charge in [0, 0.05) is 18.2 Å². The van der Waals surface area contributed by atoms with Crippen LogP contribution in [0.5, 0.6) is 0 Å². The third-order valence-corrected chi connectivity index (χ3v) is 10.9. The summed E-state index contributed by atoms with van der Waals surface area (Å²) >= 11 is 8.65. The third kappa shape index (κ3) is 5.48. The van der Waals surface area contributed by atoms with Crippen molar-refractivity contribution in [1.82, 2.24) is 19.9 Å². The van der Waals surface area contributed by atoms with Crippen LogP contribution in [0.15, 0.2) is 35.7 Å². The summed E-state index contributed by atoms with van der Waals surface area (Å²) in [4.78, 5) is 28.3. The minimum absolute atomic E-state index is 0.228. The van der Waals surface area contributed by atoms with Crippen molar-refractivity contribution < 1.29 is 19.4 Å². The topological polar surface area (TPSA) is 97.5 Å². The number of aldehydes is 1. The standard InChI is InChI=1S/C30H33ClN4O4S2/c1-34(14-4-15-35-28-23-6-2-5-22(23)19(18-36)17-24(28)32-33-35)20-8-10-21(11-9-20)39-29(37)30(38,25-7-3-16-40-25)26-12-13-27(31)41-26/h3,7,12-13,16-18,20-21,38H,2,4-6,8-11,14-15H2,1H3. The zero-order chi connectivity index (χ0) is 28.6. The Morgan fingerprint density at radius 3 is 2.73 bits per heavy atom. The first-order valence-corrected chi connectivity index (χ1v) is 16.2. The van der Waals surface area contributed by atoms with Gasteiger partial charge >= 0.3 is 5.97 Å². The minimum atomic E-state index is -1.85. The molecule has 2 aliphatic carbocycles. The highest BCUT2D eigenvalue weighted by Crippen LogP contribution is 2.40. The van der Waals surface area contributed by atoms with Crippen LogP contribution in [-0.4, -0.2) is 63.0 Å². The zero-order valence-corrected chi connectivity index (χ0v) is 25.3. The summed E-state index contributed by atoms with van der Waals surface area (Å²) < 4.78 is 8.44. The molecule has 1 atom stereocenters. The van der Waals surface area contributed by atoms with E-state index in [4.69, 9.17) is 16.3 Å². The normalized spacial score (nSPS) is 20.3. The maximum absolute atomic E-state index is 13.4. The van der Waals surface area contributed by atoms with Crippen LogP contribution < -0.4 is 0 Å². The van der Waals surface area contributed by atoms with Gasteiger partial charge in [-0.05, 0) is 106 Å². The molecule has 216 valence electrons. The van der Waals surface area contributed by atoms with Crippen LogP contribution in [0.2, 0.25) is 4.34 Å². The lowest BCUT2D eigenvalue weighted by Gasteiger charge is -2.35. The van der Waals surface area contributed by atoms with Gasteiger partial charge in [0.2, 0.25) is 5.60 Å². The second kappa shape index (κ2) is 11.9. The Balaban J connectivity index is 1.03. The Bertz CT molecular complexity index is 1540. The highest BCUT2D eigenvalue weighted by Gasteiger charge is 2.45. The smallest absolute Gasteiger partial charge is 0.349 e. The van der Waals surface area contributed by atoms with E-state index in [0.717, 1.165) is 87.3 Å². The van der Waals surface area contributed by atoms with Gasteiger partial charge in [0.05, 0.1) is 19.6 Å². The van der Waals surface area contributed by atoms with E-state index in [0.29, 0.717) is 20.1 Å². The van der Waals surface area contributed by atoms with Gasteiger partial charge in [-0.2, -0.15) is 0 Å². The molecule has 6 rings (SSSR count). The summed E-state index contributed by atoms with van der Waals surface area (Å²) in [5, 5.41) is 22.2. The molecule has 3 aromatic heterocycles. The van der Waals surface area contributed by atoms with Crippen LogP contribution in [0, 0.1) is 0 Å². The number of halogens is 1. The number of aryl methyl sites for hydroxylation is 2.